The van der Waals surface area contributed by atoms with Gasteiger partial charge in [-0.25, -0.2) is 0 Å². The number of hydrogen-bond donors (Lipinski definition) is 2. The summed E-state index contributed by atoms with van der Waals surface area (Å²) in [5.74, 6) is 0.399. The zero-order chi connectivity index (χ0) is 13.7. The molecule has 1 fully saturated rings. The number of nitrogens with two attached hydrogens (primary N) is 1. The normalized spacial score (nSPS) is 25.0. The number of rotatable bonds is 7. The van der Waals surface area contributed by atoms with Gasteiger partial charge in [0.1, 0.15) is 0 Å². The third kappa shape index (κ3) is 3.92. The van der Waals surface area contributed by atoms with Gasteiger partial charge in [-0.1, -0.05) is 20.8 Å². The predicted molar refractivity (Wildman–Crippen MR) is 76.6 cm³/mol. The molecule has 3 atom stereocenters. The Morgan fingerprint density at radius 1 is 1.44 bits per heavy atom. The summed E-state index contributed by atoms with van der Waals surface area (Å²) in [6.07, 6.45) is 2.57. The molecule has 4 nitrogen and oxygen atoms in total. The molecule has 0 aromatic heterocycles. The fourth-order valence-corrected chi connectivity index (χ4v) is 2.99. The van der Waals surface area contributed by atoms with Crippen molar-refractivity contribution in [3.05, 3.63) is 0 Å². The van der Waals surface area contributed by atoms with Crippen LogP contribution in [0.5, 0.6) is 0 Å². The van der Waals surface area contributed by atoms with Crippen molar-refractivity contribution < 1.29 is 5.11 Å². The Labute approximate surface area is 112 Å². The standard InChI is InChI=1S/C14H31N3O/c1-5-17-8-6-7-12(17)9-16(4)13(10-18)14(15)11(2)3/h11-14,18H,5-10,15H2,1-4H3. The summed E-state index contributed by atoms with van der Waals surface area (Å²) in [6, 6.07) is 0.745. The van der Waals surface area contributed by atoms with Gasteiger partial charge in [-0.05, 0) is 38.9 Å². The number of nitrogens with zero attached hydrogens (tertiary/aromatic N) is 2. The second-order valence-corrected chi connectivity index (χ2v) is 5.94. The Bertz CT molecular complexity index is 235. The van der Waals surface area contributed by atoms with Crippen LogP contribution in [0.2, 0.25) is 0 Å². The van der Waals surface area contributed by atoms with E-state index in [1.165, 1.54) is 19.4 Å². The van der Waals surface area contributed by atoms with E-state index in [-0.39, 0.29) is 18.7 Å². The van der Waals surface area contributed by atoms with Gasteiger partial charge in [-0.15, -0.1) is 0 Å². The van der Waals surface area contributed by atoms with Gasteiger partial charge in [-0.2, -0.15) is 0 Å². The first-order chi connectivity index (χ1) is 8.51. The van der Waals surface area contributed by atoms with E-state index in [1.54, 1.807) is 0 Å². The number of aliphatic hydroxyl groups excluding tert-OH is 1. The van der Waals surface area contributed by atoms with E-state index in [1.807, 2.05) is 0 Å². The van der Waals surface area contributed by atoms with Gasteiger partial charge in [0, 0.05) is 24.7 Å². The first-order valence-corrected chi connectivity index (χ1v) is 7.32. The van der Waals surface area contributed by atoms with Crippen molar-refractivity contribution in [2.24, 2.45) is 11.7 Å². The van der Waals surface area contributed by atoms with Crippen molar-refractivity contribution in [2.75, 3.05) is 33.3 Å². The number of aliphatic hydroxyl groups is 1. The van der Waals surface area contributed by atoms with Gasteiger partial charge in [-0.3, -0.25) is 9.80 Å². The first kappa shape index (κ1) is 15.9. The first-order valence-electron chi connectivity index (χ1n) is 7.32. The van der Waals surface area contributed by atoms with Crippen LogP contribution in [0.25, 0.3) is 0 Å². The van der Waals surface area contributed by atoms with Crippen LogP contribution in [0, 0.1) is 5.92 Å². The molecule has 0 aromatic rings. The quantitative estimate of drug-likeness (QED) is 0.706. The SMILES string of the molecule is CCN1CCCC1CN(C)C(CO)C(N)C(C)C. The largest absolute Gasteiger partial charge is 0.395 e. The molecule has 1 saturated heterocycles. The third-order valence-corrected chi connectivity index (χ3v) is 4.37. The lowest BCUT2D eigenvalue weighted by molar-refractivity contribution is 0.0894. The maximum absolute atomic E-state index is 9.58. The van der Waals surface area contributed by atoms with E-state index in [2.05, 4.69) is 37.6 Å². The summed E-state index contributed by atoms with van der Waals surface area (Å²) in [5, 5.41) is 9.58. The minimum Gasteiger partial charge on any atom is -0.395 e. The summed E-state index contributed by atoms with van der Waals surface area (Å²) in [7, 11) is 2.09. The fraction of sp³-hybridized carbons (Fsp3) is 1.00. The molecule has 0 amide bonds. The van der Waals surface area contributed by atoms with E-state index in [4.69, 9.17) is 5.73 Å². The summed E-state index contributed by atoms with van der Waals surface area (Å²) >= 11 is 0. The van der Waals surface area contributed by atoms with Gasteiger partial charge in [0.15, 0.2) is 0 Å². The molecule has 1 aliphatic heterocycles. The third-order valence-electron chi connectivity index (χ3n) is 4.37. The van der Waals surface area contributed by atoms with Crippen molar-refractivity contribution in [3.8, 4) is 0 Å². The molecule has 0 spiro atoms. The average Bonchev–Trinajstić information content (AvgIpc) is 2.76. The summed E-state index contributed by atoms with van der Waals surface area (Å²) in [4.78, 5) is 4.79. The predicted octanol–water partition coefficient (Wildman–Crippen LogP) is 0.747. The van der Waals surface area contributed by atoms with E-state index >= 15 is 0 Å². The van der Waals surface area contributed by atoms with E-state index in [9.17, 15) is 5.11 Å². The Morgan fingerprint density at radius 3 is 2.61 bits per heavy atom. The molecule has 4 heteroatoms. The van der Waals surface area contributed by atoms with Crippen LogP contribution < -0.4 is 5.73 Å². The number of likely N-dealkylation sites (tertiary alicyclic amines) is 1. The van der Waals surface area contributed by atoms with Crippen LogP contribution in [-0.2, 0) is 0 Å². The molecule has 0 saturated carbocycles. The molecule has 3 N–H and O–H groups in total. The zero-order valence-corrected chi connectivity index (χ0v) is 12.5. The van der Waals surface area contributed by atoms with Gasteiger partial charge < -0.3 is 10.8 Å². The van der Waals surface area contributed by atoms with Gasteiger partial charge in [0.25, 0.3) is 0 Å². The van der Waals surface area contributed by atoms with Gasteiger partial charge in [0.05, 0.1) is 6.61 Å². The van der Waals surface area contributed by atoms with Crippen molar-refractivity contribution in [1.82, 2.24) is 9.80 Å². The minimum absolute atomic E-state index is 0.0384. The molecule has 18 heavy (non-hydrogen) atoms. The highest BCUT2D eigenvalue weighted by Crippen LogP contribution is 2.19. The molecular weight excluding hydrogens is 226 g/mol. The van der Waals surface area contributed by atoms with Crippen molar-refractivity contribution in [1.29, 1.82) is 0 Å². The lowest BCUT2D eigenvalue weighted by Crippen LogP contribution is -2.53. The topological polar surface area (TPSA) is 52.7 Å². The molecule has 1 rings (SSSR count). The average molecular weight is 257 g/mol. The lowest BCUT2D eigenvalue weighted by Gasteiger charge is -2.36. The summed E-state index contributed by atoms with van der Waals surface area (Å²) in [6.45, 7) is 9.97. The zero-order valence-electron chi connectivity index (χ0n) is 12.5. The van der Waals surface area contributed by atoms with Gasteiger partial charge in [0.2, 0.25) is 0 Å². The molecule has 0 aliphatic carbocycles. The van der Waals surface area contributed by atoms with Crippen LogP contribution in [0.3, 0.4) is 0 Å². The minimum atomic E-state index is 0.0384. The van der Waals surface area contributed by atoms with Crippen molar-refractivity contribution in [2.45, 2.75) is 51.7 Å². The second-order valence-electron chi connectivity index (χ2n) is 5.94. The summed E-state index contributed by atoms with van der Waals surface area (Å²) < 4.78 is 0. The fourth-order valence-electron chi connectivity index (χ4n) is 2.99. The van der Waals surface area contributed by atoms with E-state index < -0.39 is 0 Å². The van der Waals surface area contributed by atoms with Crippen molar-refractivity contribution >= 4 is 0 Å². The van der Waals surface area contributed by atoms with E-state index in [0.717, 1.165) is 13.1 Å². The van der Waals surface area contributed by atoms with Crippen LogP contribution in [0.1, 0.15) is 33.6 Å². The van der Waals surface area contributed by atoms with E-state index in [0.29, 0.717) is 12.0 Å². The molecule has 3 unspecified atom stereocenters. The van der Waals surface area contributed by atoms with Gasteiger partial charge >= 0.3 is 0 Å². The van der Waals surface area contributed by atoms with Crippen LogP contribution in [-0.4, -0.2) is 66.3 Å². The smallest absolute Gasteiger partial charge is 0.0601 e. The highest BCUT2D eigenvalue weighted by atomic mass is 16.3. The molecule has 0 aromatic carbocycles. The summed E-state index contributed by atoms with van der Waals surface area (Å²) in [5.41, 5.74) is 6.20. The monoisotopic (exact) mass is 257 g/mol. The number of likely N-dealkylation sites (N-methyl/N-ethyl adjacent to an activating group) is 2. The van der Waals surface area contributed by atoms with Crippen molar-refractivity contribution in [3.63, 3.8) is 0 Å². The highest BCUT2D eigenvalue weighted by Gasteiger charge is 2.29. The van der Waals surface area contributed by atoms with Crippen LogP contribution in [0.15, 0.2) is 0 Å². The maximum atomic E-state index is 9.58. The highest BCUT2D eigenvalue weighted by molar-refractivity contribution is 4.87. The number of hydrogen-bond acceptors (Lipinski definition) is 4. The molecule has 1 heterocycles. The molecule has 1 aliphatic rings. The molecule has 0 bridgehead atoms. The molecular formula is C14H31N3O. The van der Waals surface area contributed by atoms with Crippen LogP contribution >= 0.6 is 0 Å². The van der Waals surface area contributed by atoms with Crippen LogP contribution in [0.4, 0.5) is 0 Å². The Kier molecular flexibility index (Phi) is 6.57. The maximum Gasteiger partial charge on any atom is 0.0601 e. The molecule has 0 radical (unpaired) electrons. The molecule has 108 valence electrons. The Hall–Kier alpha value is -0.160. The second kappa shape index (κ2) is 7.43. The Balaban J connectivity index is 2.54. The Morgan fingerprint density at radius 2 is 2.11 bits per heavy atom. The lowest BCUT2D eigenvalue weighted by atomic mass is 9.96.